The van der Waals surface area contributed by atoms with Crippen molar-refractivity contribution in [2.45, 2.75) is 32.1 Å². The maximum absolute atomic E-state index is 10.6. The number of aliphatic carboxylic acids is 1. The minimum atomic E-state index is -0.435. The largest absolute Gasteiger partial charge is 0.481 e. The van der Waals surface area contributed by atoms with Crippen molar-refractivity contribution in [3.63, 3.8) is 0 Å². The molecule has 0 aliphatic heterocycles. The molecule has 0 unspecified atom stereocenters. The standard InChI is InChI=1S/C12H16O2/c13-12(14)10-6-2-5-9-11-7-3-1-4-8-11/h1,3-4,7-8H,2,5-6,9-10H2,(H,13,14)/i/hD. The van der Waals surface area contributed by atoms with Crippen LogP contribution in [0.1, 0.15) is 31.2 Å². The molecule has 0 radical (unpaired) electrons. The third kappa shape index (κ3) is 4.65. The van der Waals surface area contributed by atoms with Crippen LogP contribution < -0.4 is 0 Å². The molecular formula is C12H16O2. The molecule has 76 valence electrons. The van der Waals surface area contributed by atoms with Crippen LogP contribution >= 0.6 is 0 Å². The number of carbonyl (C=O) groups is 1. The molecule has 0 saturated carbocycles. The molecule has 0 heterocycles. The van der Waals surface area contributed by atoms with E-state index < -0.39 is 5.97 Å². The molecule has 0 aromatic heterocycles. The van der Waals surface area contributed by atoms with Crippen LogP contribution in [-0.2, 0) is 11.2 Å². The van der Waals surface area contributed by atoms with Gasteiger partial charge in [-0.2, -0.15) is 0 Å². The zero-order valence-corrected chi connectivity index (χ0v) is 8.24. The van der Waals surface area contributed by atoms with Crippen LogP contribution in [0.3, 0.4) is 0 Å². The molecule has 0 atom stereocenters. The molecule has 1 aromatic rings. The zero-order valence-electron chi connectivity index (χ0n) is 9.24. The Morgan fingerprint density at radius 3 is 2.71 bits per heavy atom. The molecule has 1 rings (SSSR count). The first kappa shape index (κ1) is 9.25. The highest BCUT2D eigenvalue weighted by atomic mass is 16.4. The van der Waals surface area contributed by atoms with E-state index in [0.29, 0.717) is 6.42 Å². The summed E-state index contributed by atoms with van der Waals surface area (Å²) >= 11 is 0. The highest BCUT2D eigenvalue weighted by Crippen LogP contribution is 2.07. The first-order valence-electron chi connectivity index (χ1n) is 5.43. The number of aryl methyl sites for hydroxylation is 1. The summed E-state index contributed by atoms with van der Waals surface area (Å²) in [7, 11) is 0. The van der Waals surface area contributed by atoms with Crippen molar-refractivity contribution < 1.29 is 9.90 Å². The van der Waals surface area contributed by atoms with Crippen LogP contribution in [-0.4, -0.2) is 11.1 Å². The van der Waals surface area contributed by atoms with Gasteiger partial charge in [0.2, 0.25) is 0 Å². The number of carboxylic acids is 1. The van der Waals surface area contributed by atoms with Gasteiger partial charge in [0, 0.05) is 6.42 Å². The normalized spacial score (nSPS) is 10.7. The third-order valence-electron chi connectivity index (χ3n) is 2.19. The molecular weight excluding hydrogens is 176 g/mol. The van der Waals surface area contributed by atoms with Gasteiger partial charge in [-0.15, -0.1) is 0 Å². The van der Waals surface area contributed by atoms with Crippen LogP contribution in [0.2, 0.25) is 0 Å². The summed E-state index contributed by atoms with van der Waals surface area (Å²) in [5.74, 6) is -0.435. The minimum Gasteiger partial charge on any atom is -0.481 e. The summed E-state index contributed by atoms with van der Waals surface area (Å²) in [6, 6.07) is 10.3. The summed E-state index contributed by atoms with van der Waals surface area (Å²) in [5, 5.41) is 3.83. The Labute approximate surface area is 86.1 Å². The number of benzene rings is 1. The monoisotopic (exact) mass is 193 g/mol. The second-order valence-electron chi connectivity index (χ2n) is 3.42. The lowest BCUT2D eigenvalue weighted by molar-refractivity contribution is -0.137. The van der Waals surface area contributed by atoms with Crippen molar-refractivity contribution in [2.24, 2.45) is 0 Å². The lowest BCUT2D eigenvalue weighted by Crippen LogP contribution is -1.94. The molecule has 0 bridgehead atoms. The van der Waals surface area contributed by atoms with Gasteiger partial charge in [0.25, 0.3) is 1.43 Å². The van der Waals surface area contributed by atoms with Crippen molar-refractivity contribution in [1.29, 1.82) is 1.43 Å². The molecule has 0 fully saturated rings. The predicted molar refractivity (Wildman–Crippen MR) is 56.2 cm³/mol. The van der Waals surface area contributed by atoms with E-state index in [2.05, 4.69) is 17.2 Å². The fraction of sp³-hybridized carbons (Fsp3) is 0.417. The van der Waals surface area contributed by atoms with E-state index in [1.54, 1.807) is 0 Å². The Kier molecular flexibility index (Phi) is 4.09. The third-order valence-corrected chi connectivity index (χ3v) is 2.19. The van der Waals surface area contributed by atoms with E-state index in [1.165, 1.54) is 5.56 Å². The number of hydrogen-bond acceptors (Lipinski definition) is 2. The molecule has 0 saturated heterocycles. The van der Waals surface area contributed by atoms with Crippen LogP contribution in [0, 0.1) is 0 Å². The summed E-state index contributed by atoms with van der Waals surface area (Å²) in [6.45, 7) is 0. The van der Waals surface area contributed by atoms with Gasteiger partial charge in [0.15, 0.2) is 0 Å². The lowest BCUT2D eigenvalue weighted by atomic mass is 10.1. The molecule has 0 spiro atoms. The van der Waals surface area contributed by atoms with Gasteiger partial charge >= 0.3 is 5.97 Å². The Morgan fingerprint density at radius 2 is 2.00 bits per heavy atom. The molecule has 0 aliphatic rings. The Morgan fingerprint density at radius 1 is 1.21 bits per heavy atom. The van der Waals surface area contributed by atoms with Crippen molar-refractivity contribution in [1.82, 2.24) is 0 Å². The van der Waals surface area contributed by atoms with Gasteiger partial charge in [-0.25, -0.2) is 0 Å². The number of rotatable bonds is 6. The molecule has 2 heteroatoms. The van der Waals surface area contributed by atoms with Crippen LogP contribution in [0.25, 0.3) is 1.43 Å². The predicted octanol–water partition coefficient (Wildman–Crippen LogP) is 2.87. The second kappa shape index (κ2) is 6.19. The van der Waals surface area contributed by atoms with Crippen molar-refractivity contribution in [3.8, 4) is 0 Å². The summed E-state index contributed by atoms with van der Waals surface area (Å²) in [4.78, 5) is 10.6. The van der Waals surface area contributed by atoms with Crippen molar-refractivity contribution in [3.05, 3.63) is 35.9 Å². The molecule has 14 heavy (non-hydrogen) atoms. The van der Waals surface area contributed by atoms with Crippen molar-refractivity contribution in [2.75, 3.05) is 0 Å². The lowest BCUT2D eigenvalue weighted by Gasteiger charge is -1.99. The average molecular weight is 193 g/mol. The zero-order chi connectivity index (χ0) is 10.9. The van der Waals surface area contributed by atoms with Crippen LogP contribution in [0.4, 0.5) is 0 Å². The van der Waals surface area contributed by atoms with Gasteiger partial charge in [-0.1, -0.05) is 36.8 Å². The minimum absolute atomic E-state index is 0.359. The van der Waals surface area contributed by atoms with Crippen molar-refractivity contribution >= 4 is 5.97 Å². The topological polar surface area (TPSA) is 37.3 Å². The fourth-order valence-electron chi connectivity index (χ4n) is 1.42. The first-order valence-corrected chi connectivity index (χ1v) is 5.03. The highest BCUT2D eigenvalue weighted by molar-refractivity contribution is 5.66. The van der Waals surface area contributed by atoms with Gasteiger partial charge in [-0.3, -0.25) is 4.79 Å². The summed E-state index contributed by atoms with van der Waals surface area (Å²) in [6.07, 6.45) is 4.30. The van der Waals surface area contributed by atoms with Gasteiger partial charge < -0.3 is 5.11 Å². The molecule has 2 nitrogen and oxygen atoms in total. The van der Waals surface area contributed by atoms with Crippen LogP contribution in [0.15, 0.2) is 30.3 Å². The Balaban J connectivity index is 2.05. The summed E-state index contributed by atoms with van der Waals surface area (Å²) < 4.78 is 6.37. The van der Waals surface area contributed by atoms with Gasteiger partial charge in [0.1, 0.15) is 0 Å². The molecule has 1 aromatic carbocycles. The molecule has 1 N–H and O–H groups in total. The quantitative estimate of drug-likeness (QED) is 0.705. The number of unbranched alkanes of at least 4 members (excludes halogenated alkanes) is 2. The van der Waals surface area contributed by atoms with E-state index in [4.69, 9.17) is 1.43 Å². The smallest absolute Gasteiger partial charge is 0.303 e. The Bertz CT molecular complexity index is 285. The van der Waals surface area contributed by atoms with Gasteiger partial charge in [-0.05, 0) is 24.8 Å². The summed E-state index contributed by atoms with van der Waals surface area (Å²) in [5.41, 5.74) is 1.33. The van der Waals surface area contributed by atoms with Gasteiger partial charge in [0.05, 0.1) is 0 Å². The molecule has 0 amide bonds. The maximum atomic E-state index is 10.6. The van der Waals surface area contributed by atoms with E-state index in [0.717, 1.165) is 25.7 Å². The maximum Gasteiger partial charge on any atom is 0.303 e. The van der Waals surface area contributed by atoms with E-state index >= 15 is 0 Å². The number of carboxylic acid groups (broad SMARTS) is 1. The van der Waals surface area contributed by atoms with E-state index in [-0.39, 0.29) is 0 Å². The van der Waals surface area contributed by atoms with E-state index in [9.17, 15) is 4.79 Å². The van der Waals surface area contributed by atoms with Crippen LogP contribution in [0.5, 0.6) is 0 Å². The second-order valence-corrected chi connectivity index (χ2v) is 3.42. The van der Waals surface area contributed by atoms with E-state index in [1.807, 2.05) is 18.2 Å². The Hall–Kier alpha value is -1.31. The SMILES string of the molecule is [2H]OC(=O)CCCCCc1ccccc1. The average Bonchev–Trinajstić information content (AvgIpc) is 2.29. The first-order chi connectivity index (χ1) is 7.33. The highest BCUT2D eigenvalue weighted by Gasteiger charge is 1.96. The molecule has 0 aliphatic carbocycles. The fourth-order valence-corrected chi connectivity index (χ4v) is 1.42. The number of hydrogen-bond donors (Lipinski definition) is 1.